The van der Waals surface area contributed by atoms with Crippen LogP contribution in [0.5, 0.6) is 17.2 Å². The van der Waals surface area contributed by atoms with Crippen LogP contribution in [-0.4, -0.2) is 27.3 Å². The van der Waals surface area contributed by atoms with Crippen molar-refractivity contribution in [3.8, 4) is 17.2 Å². The van der Waals surface area contributed by atoms with Gasteiger partial charge in [-0.3, -0.25) is 0 Å². The van der Waals surface area contributed by atoms with E-state index in [0.29, 0.717) is 29.2 Å². The maximum Gasteiger partial charge on any atom is 0.342 e. The molecule has 120 valence electrons. The highest BCUT2D eigenvalue weighted by atomic mass is 16.6. The van der Waals surface area contributed by atoms with Gasteiger partial charge in [0.15, 0.2) is 11.5 Å². The van der Waals surface area contributed by atoms with E-state index in [1.165, 1.54) is 14.2 Å². The average Bonchev–Trinajstić information content (AvgIpc) is 2.60. The topological polar surface area (TPSA) is 54.0 Å². The van der Waals surface area contributed by atoms with Gasteiger partial charge in [-0.2, -0.15) is 0 Å². The van der Waals surface area contributed by atoms with Crippen LogP contribution in [0.1, 0.15) is 27.6 Å². The molecule has 0 saturated carbocycles. The lowest BCUT2D eigenvalue weighted by Crippen LogP contribution is -2.23. The van der Waals surface area contributed by atoms with E-state index in [-0.39, 0.29) is 6.10 Å². The van der Waals surface area contributed by atoms with Crippen LogP contribution >= 0.6 is 0 Å². The number of methoxy groups -OCH3 is 3. The summed E-state index contributed by atoms with van der Waals surface area (Å²) >= 11 is 0. The number of cyclic esters (lactones) is 1. The van der Waals surface area contributed by atoms with E-state index in [1.54, 1.807) is 7.11 Å². The Balaban J connectivity index is 2.10. The molecule has 1 aliphatic rings. The Kier molecular flexibility index (Phi) is 4.10. The van der Waals surface area contributed by atoms with Gasteiger partial charge in [0.25, 0.3) is 0 Å². The Labute approximate surface area is 134 Å². The van der Waals surface area contributed by atoms with Gasteiger partial charge in [0, 0.05) is 6.42 Å². The molecular weight excluding hydrogens is 296 g/mol. The quantitative estimate of drug-likeness (QED) is 0.811. The summed E-state index contributed by atoms with van der Waals surface area (Å²) in [7, 11) is 4.56. The number of rotatable bonds is 4. The molecule has 0 aliphatic carbocycles. The van der Waals surface area contributed by atoms with Gasteiger partial charge in [0.2, 0.25) is 5.75 Å². The van der Waals surface area contributed by atoms with Crippen LogP contribution in [-0.2, 0) is 11.2 Å². The normalized spacial score (nSPS) is 16.3. The number of hydrogen-bond acceptors (Lipinski definition) is 5. The minimum atomic E-state index is -0.419. The Bertz CT molecular complexity index is 724. The van der Waals surface area contributed by atoms with Crippen LogP contribution in [0, 0.1) is 0 Å². The van der Waals surface area contributed by atoms with E-state index in [0.717, 1.165) is 11.1 Å². The van der Waals surface area contributed by atoms with Crippen molar-refractivity contribution in [2.75, 3.05) is 21.3 Å². The van der Waals surface area contributed by atoms with Crippen molar-refractivity contribution < 1.29 is 23.7 Å². The van der Waals surface area contributed by atoms with Gasteiger partial charge in [0.05, 0.1) is 21.3 Å². The lowest BCUT2D eigenvalue weighted by atomic mass is 9.93. The summed E-state index contributed by atoms with van der Waals surface area (Å²) in [4.78, 5) is 12.5. The van der Waals surface area contributed by atoms with Gasteiger partial charge in [0.1, 0.15) is 11.7 Å². The first-order valence-corrected chi connectivity index (χ1v) is 7.27. The van der Waals surface area contributed by atoms with Crippen LogP contribution < -0.4 is 14.2 Å². The molecule has 0 radical (unpaired) electrons. The zero-order valence-electron chi connectivity index (χ0n) is 13.3. The summed E-state index contributed by atoms with van der Waals surface area (Å²) in [6, 6.07) is 11.5. The van der Waals surface area contributed by atoms with Crippen LogP contribution in [0.2, 0.25) is 0 Å². The standard InChI is InChI=1S/C18H18O5/c1-20-14-10-12-9-13(11-7-5-4-6-8-11)23-18(19)15(12)17(22-3)16(14)21-2/h4-8,10,13H,9H2,1-3H3. The third kappa shape index (κ3) is 2.59. The molecular formula is C18H18O5. The van der Waals surface area contributed by atoms with E-state index in [1.807, 2.05) is 36.4 Å². The first-order valence-electron chi connectivity index (χ1n) is 7.27. The fourth-order valence-corrected chi connectivity index (χ4v) is 2.87. The molecule has 1 atom stereocenters. The number of carbonyl (C=O) groups excluding carboxylic acids is 1. The van der Waals surface area contributed by atoms with Crippen molar-refractivity contribution in [1.82, 2.24) is 0 Å². The van der Waals surface area contributed by atoms with Gasteiger partial charge in [-0.15, -0.1) is 0 Å². The molecule has 2 aromatic rings. The summed E-state index contributed by atoms with van der Waals surface area (Å²) < 4.78 is 21.7. The van der Waals surface area contributed by atoms with Gasteiger partial charge >= 0.3 is 5.97 Å². The SMILES string of the molecule is COc1cc2c(c(OC)c1OC)C(=O)OC(c1ccccc1)C2. The molecule has 0 fully saturated rings. The van der Waals surface area contributed by atoms with Crippen LogP contribution in [0.15, 0.2) is 36.4 Å². The van der Waals surface area contributed by atoms with Crippen molar-refractivity contribution in [1.29, 1.82) is 0 Å². The largest absolute Gasteiger partial charge is 0.493 e. The highest BCUT2D eigenvalue weighted by Gasteiger charge is 2.33. The number of carbonyl (C=O) groups is 1. The number of fused-ring (bicyclic) bond motifs is 1. The molecule has 5 heteroatoms. The van der Waals surface area contributed by atoms with Crippen LogP contribution in [0.4, 0.5) is 0 Å². The third-order valence-electron chi connectivity index (χ3n) is 3.94. The molecule has 23 heavy (non-hydrogen) atoms. The molecule has 5 nitrogen and oxygen atoms in total. The predicted octanol–water partition coefficient (Wildman–Crippen LogP) is 3.17. The van der Waals surface area contributed by atoms with Crippen molar-refractivity contribution in [2.24, 2.45) is 0 Å². The van der Waals surface area contributed by atoms with Gasteiger partial charge in [-0.05, 0) is 17.2 Å². The van der Waals surface area contributed by atoms with Gasteiger partial charge in [-0.25, -0.2) is 4.79 Å². The molecule has 0 spiro atoms. The molecule has 0 amide bonds. The Morgan fingerprint density at radius 3 is 2.30 bits per heavy atom. The Morgan fingerprint density at radius 2 is 1.70 bits per heavy atom. The number of hydrogen-bond donors (Lipinski definition) is 0. The van der Waals surface area contributed by atoms with Crippen molar-refractivity contribution >= 4 is 5.97 Å². The zero-order chi connectivity index (χ0) is 16.4. The fraction of sp³-hybridized carbons (Fsp3) is 0.278. The van der Waals surface area contributed by atoms with Crippen molar-refractivity contribution in [3.63, 3.8) is 0 Å². The number of benzene rings is 2. The van der Waals surface area contributed by atoms with Crippen LogP contribution in [0.25, 0.3) is 0 Å². The Morgan fingerprint density at radius 1 is 1.00 bits per heavy atom. The summed E-state index contributed by atoms with van der Waals surface area (Å²) in [5, 5.41) is 0. The van der Waals surface area contributed by atoms with Crippen LogP contribution in [0.3, 0.4) is 0 Å². The second-order valence-corrected chi connectivity index (χ2v) is 5.19. The molecule has 3 rings (SSSR count). The maximum absolute atomic E-state index is 12.5. The molecule has 0 N–H and O–H groups in total. The van der Waals surface area contributed by atoms with E-state index >= 15 is 0 Å². The number of esters is 1. The Hall–Kier alpha value is -2.69. The lowest BCUT2D eigenvalue weighted by molar-refractivity contribution is 0.0247. The maximum atomic E-state index is 12.5. The molecule has 1 heterocycles. The fourth-order valence-electron chi connectivity index (χ4n) is 2.87. The molecule has 0 bridgehead atoms. The molecule has 1 aliphatic heterocycles. The monoisotopic (exact) mass is 314 g/mol. The minimum absolute atomic E-state index is 0.320. The predicted molar refractivity (Wildman–Crippen MR) is 84.4 cm³/mol. The molecule has 1 unspecified atom stereocenters. The van der Waals surface area contributed by atoms with E-state index in [4.69, 9.17) is 18.9 Å². The second kappa shape index (κ2) is 6.20. The molecule has 2 aromatic carbocycles. The highest BCUT2D eigenvalue weighted by Crippen LogP contribution is 2.45. The first-order chi connectivity index (χ1) is 11.2. The summed E-state index contributed by atoms with van der Waals surface area (Å²) in [6.45, 7) is 0. The van der Waals surface area contributed by atoms with E-state index in [9.17, 15) is 4.79 Å². The summed E-state index contributed by atoms with van der Waals surface area (Å²) in [6.07, 6.45) is 0.237. The molecule has 0 aromatic heterocycles. The van der Waals surface area contributed by atoms with E-state index in [2.05, 4.69) is 0 Å². The average molecular weight is 314 g/mol. The summed E-state index contributed by atoms with van der Waals surface area (Å²) in [5.41, 5.74) is 2.18. The smallest absolute Gasteiger partial charge is 0.342 e. The molecule has 0 saturated heterocycles. The third-order valence-corrected chi connectivity index (χ3v) is 3.94. The van der Waals surface area contributed by atoms with Crippen molar-refractivity contribution in [3.05, 3.63) is 53.1 Å². The zero-order valence-corrected chi connectivity index (χ0v) is 13.3. The number of ether oxygens (including phenoxy) is 4. The van der Waals surface area contributed by atoms with Crippen molar-refractivity contribution in [2.45, 2.75) is 12.5 Å². The first kappa shape index (κ1) is 15.2. The lowest BCUT2D eigenvalue weighted by Gasteiger charge is -2.27. The van der Waals surface area contributed by atoms with Gasteiger partial charge in [-0.1, -0.05) is 30.3 Å². The van der Waals surface area contributed by atoms with Gasteiger partial charge < -0.3 is 18.9 Å². The minimum Gasteiger partial charge on any atom is -0.493 e. The second-order valence-electron chi connectivity index (χ2n) is 5.19. The highest BCUT2D eigenvalue weighted by molar-refractivity contribution is 5.97. The van der Waals surface area contributed by atoms with E-state index < -0.39 is 5.97 Å². The summed E-state index contributed by atoms with van der Waals surface area (Å²) in [5.74, 6) is 0.852.